The zero-order chi connectivity index (χ0) is 17.1. The minimum atomic E-state index is -0.0846. The second-order valence-electron chi connectivity index (χ2n) is 5.05. The predicted octanol–water partition coefficient (Wildman–Crippen LogP) is 5.00. The van der Waals surface area contributed by atoms with Crippen LogP contribution in [0.5, 0.6) is 5.75 Å². The third kappa shape index (κ3) is 3.83. The highest BCUT2D eigenvalue weighted by Gasteiger charge is 2.11. The molecule has 124 valence electrons. The number of amides is 1. The Balaban J connectivity index is 1.63. The first kappa shape index (κ1) is 17.1. The SMILES string of the molecule is COc1ccc(SCC(=O)Nc2nc3c(C)c(Cl)ccc3s2)cc1. The molecule has 0 aliphatic carbocycles. The molecule has 0 aliphatic rings. The average molecular weight is 379 g/mol. The van der Waals surface area contributed by atoms with Crippen molar-refractivity contribution >= 4 is 56.0 Å². The smallest absolute Gasteiger partial charge is 0.236 e. The van der Waals surface area contributed by atoms with Crippen LogP contribution in [0.1, 0.15) is 5.56 Å². The van der Waals surface area contributed by atoms with Crippen molar-refractivity contribution in [3.8, 4) is 5.75 Å². The number of aromatic nitrogens is 1. The topological polar surface area (TPSA) is 51.2 Å². The molecule has 0 radical (unpaired) electrons. The molecule has 0 saturated carbocycles. The summed E-state index contributed by atoms with van der Waals surface area (Å²) in [6, 6.07) is 11.4. The van der Waals surface area contributed by atoms with Gasteiger partial charge in [-0.3, -0.25) is 4.79 Å². The monoisotopic (exact) mass is 378 g/mol. The van der Waals surface area contributed by atoms with Crippen LogP contribution in [0.25, 0.3) is 10.2 Å². The maximum absolute atomic E-state index is 12.1. The number of carbonyl (C=O) groups excluding carboxylic acids is 1. The molecule has 0 bridgehead atoms. The summed E-state index contributed by atoms with van der Waals surface area (Å²) >= 11 is 9.02. The molecule has 1 N–H and O–H groups in total. The largest absolute Gasteiger partial charge is 0.497 e. The van der Waals surface area contributed by atoms with Crippen LogP contribution in [0.4, 0.5) is 5.13 Å². The molecule has 1 heterocycles. The van der Waals surface area contributed by atoms with E-state index in [4.69, 9.17) is 16.3 Å². The van der Waals surface area contributed by atoms with Crippen molar-refractivity contribution in [3.63, 3.8) is 0 Å². The van der Waals surface area contributed by atoms with Crippen LogP contribution >= 0.6 is 34.7 Å². The van der Waals surface area contributed by atoms with E-state index in [0.717, 1.165) is 26.4 Å². The van der Waals surface area contributed by atoms with E-state index in [1.165, 1.54) is 23.1 Å². The van der Waals surface area contributed by atoms with Gasteiger partial charge in [0.15, 0.2) is 5.13 Å². The highest BCUT2D eigenvalue weighted by Crippen LogP contribution is 2.31. The van der Waals surface area contributed by atoms with Crippen molar-refractivity contribution in [2.45, 2.75) is 11.8 Å². The third-order valence-corrected chi connectivity index (χ3v) is 5.78. The number of methoxy groups -OCH3 is 1. The van der Waals surface area contributed by atoms with Crippen molar-refractivity contribution in [2.75, 3.05) is 18.2 Å². The number of carbonyl (C=O) groups is 1. The van der Waals surface area contributed by atoms with Gasteiger partial charge in [0.25, 0.3) is 0 Å². The van der Waals surface area contributed by atoms with Gasteiger partial charge in [-0.25, -0.2) is 4.98 Å². The standard InChI is InChI=1S/C17H15ClN2O2S2/c1-10-13(18)7-8-14-16(10)20-17(24-14)19-15(21)9-23-12-5-3-11(22-2)4-6-12/h3-8H,9H2,1-2H3,(H,19,20,21). The van der Waals surface area contributed by atoms with Gasteiger partial charge in [-0.2, -0.15) is 0 Å². The molecule has 0 spiro atoms. The van der Waals surface area contributed by atoms with E-state index in [1.54, 1.807) is 7.11 Å². The molecule has 0 saturated heterocycles. The summed E-state index contributed by atoms with van der Waals surface area (Å²) in [6.45, 7) is 1.93. The maximum Gasteiger partial charge on any atom is 0.236 e. The molecule has 3 rings (SSSR count). The Kier molecular flexibility index (Phi) is 5.28. The fraction of sp³-hybridized carbons (Fsp3) is 0.176. The Morgan fingerprint density at radius 1 is 1.29 bits per heavy atom. The molecule has 1 amide bonds. The molecule has 0 atom stereocenters. The Labute approximate surface area is 153 Å². The second kappa shape index (κ2) is 7.42. The average Bonchev–Trinajstić information content (AvgIpc) is 3.00. The first-order chi connectivity index (χ1) is 11.6. The Morgan fingerprint density at radius 2 is 2.04 bits per heavy atom. The van der Waals surface area contributed by atoms with Gasteiger partial charge in [0, 0.05) is 9.92 Å². The molecule has 0 fully saturated rings. The van der Waals surface area contributed by atoms with Gasteiger partial charge >= 0.3 is 0 Å². The van der Waals surface area contributed by atoms with Crippen molar-refractivity contribution in [3.05, 3.63) is 47.0 Å². The molecule has 7 heteroatoms. The number of benzene rings is 2. The molecular weight excluding hydrogens is 364 g/mol. The Morgan fingerprint density at radius 3 is 2.75 bits per heavy atom. The molecular formula is C17H15ClN2O2S2. The van der Waals surface area contributed by atoms with Crippen LogP contribution < -0.4 is 10.1 Å². The van der Waals surface area contributed by atoms with Crippen LogP contribution in [0, 0.1) is 6.92 Å². The number of thioether (sulfide) groups is 1. The number of nitrogens with zero attached hydrogens (tertiary/aromatic N) is 1. The normalized spacial score (nSPS) is 10.8. The van der Waals surface area contributed by atoms with E-state index in [2.05, 4.69) is 10.3 Å². The summed E-state index contributed by atoms with van der Waals surface area (Å²) in [6.07, 6.45) is 0. The van der Waals surface area contributed by atoms with Gasteiger partial charge in [-0.05, 0) is 48.9 Å². The minimum absolute atomic E-state index is 0.0846. The van der Waals surface area contributed by atoms with Crippen LogP contribution in [-0.2, 0) is 4.79 Å². The van der Waals surface area contributed by atoms with Gasteiger partial charge in [0.05, 0.1) is 23.1 Å². The van der Waals surface area contributed by atoms with Gasteiger partial charge < -0.3 is 10.1 Å². The summed E-state index contributed by atoms with van der Waals surface area (Å²) in [7, 11) is 1.63. The molecule has 2 aromatic carbocycles. The first-order valence-corrected chi connectivity index (χ1v) is 9.37. The van der Waals surface area contributed by atoms with Gasteiger partial charge in [0.2, 0.25) is 5.91 Å². The number of hydrogen-bond acceptors (Lipinski definition) is 5. The van der Waals surface area contributed by atoms with Gasteiger partial charge in [-0.1, -0.05) is 22.9 Å². The van der Waals surface area contributed by atoms with Crippen molar-refractivity contribution < 1.29 is 9.53 Å². The fourth-order valence-electron chi connectivity index (χ4n) is 2.13. The van der Waals surface area contributed by atoms with Crippen molar-refractivity contribution in [2.24, 2.45) is 0 Å². The third-order valence-electron chi connectivity index (χ3n) is 3.42. The molecule has 24 heavy (non-hydrogen) atoms. The van der Waals surface area contributed by atoms with Crippen LogP contribution in [-0.4, -0.2) is 23.8 Å². The number of hydrogen-bond donors (Lipinski definition) is 1. The number of ether oxygens (including phenoxy) is 1. The van der Waals surface area contributed by atoms with Crippen LogP contribution in [0.15, 0.2) is 41.3 Å². The number of rotatable bonds is 5. The quantitative estimate of drug-likeness (QED) is 0.635. The molecule has 1 aromatic heterocycles. The van der Waals surface area contributed by atoms with E-state index >= 15 is 0 Å². The summed E-state index contributed by atoms with van der Waals surface area (Å²) in [4.78, 5) is 17.6. The Bertz CT molecular complexity index is 878. The van der Waals surface area contributed by atoms with E-state index in [0.29, 0.717) is 15.9 Å². The fourth-order valence-corrected chi connectivity index (χ4v) is 3.92. The summed E-state index contributed by atoms with van der Waals surface area (Å²) in [5, 5.41) is 4.13. The molecule has 4 nitrogen and oxygen atoms in total. The summed E-state index contributed by atoms with van der Waals surface area (Å²) in [5.41, 5.74) is 1.77. The van der Waals surface area contributed by atoms with E-state index in [9.17, 15) is 4.79 Å². The number of fused-ring (bicyclic) bond motifs is 1. The van der Waals surface area contributed by atoms with Crippen LogP contribution in [0.2, 0.25) is 5.02 Å². The highest BCUT2D eigenvalue weighted by atomic mass is 35.5. The zero-order valence-electron chi connectivity index (χ0n) is 13.1. The van der Waals surface area contributed by atoms with E-state index < -0.39 is 0 Å². The molecule has 0 unspecified atom stereocenters. The summed E-state index contributed by atoms with van der Waals surface area (Å²) in [5.74, 6) is 1.04. The van der Waals surface area contributed by atoms with E-state index in [1.807, 2.05) is 43.3 Å². The maximum atomic E-state index is 12.1. The molecule has 3 aromatic rings. The number of nitrogens with one attached hydrogen (secondary N) is 1. The highest BCUT2D eigenvalue weighted by molar-refractivity contribution is 8.00. The lowest BCUT2D eigenvalue weighted by atomic mass is 10.2. The summed E-state index contributed by atoms with van der Waals surface area (Å²) < 4.78 is 6.13. The lowest BCUT2D eigenvalue weighted by Crippen LogP contribution is -2.13. The number of thiazole rings is 1. The minimum Gasteiger partial charge on any atom is -0.497 e. The van der Waals surface area contributed by atoms with E-state index in [-0.39, 0.29) is 5.91 Å². The molecule has 0 aliphatic heterocycles. The number of halogens is 1. The number of aryl methyl sites for hydroxylation is 1. The second-order valence-corrected chi connectivity index (χ2v) is 7.54. The first-order valence-electron chi connectivity index (χ1n) is 7.19. The predicted molar refractivity (Wildman–Crippen MR) is 102 cm³/mol. The van der Waals surface area contributed by atoms with Crippen LogP contribution in [0.3, 0.4) is 0 Å². The van der Waals surface area contributed by atoms with Crippen molar-refractivity contribution in [1.29, 1.82) is 0 Å². The van der Waals surface area contributed by atoms with Gasteiger partial charge in [-0.15, -0.1) is 11.8 Å². The van der Waals surface area contributed by atoms with Gasteiger partial charge in [0.1, 0.15) is 5.75 Å². The number of anilines is 1. The van der Waals surface area contributed by atoms with Crippen molar-refractivity contribution in [1.82, 2.24) is 4.98 Å². The Hall–Kier alpha value is -1.76. The lowest BCUT2D eigenvalue weighted by molar-refractivity contribution is -0.113. The zero-order valence-corrected chi connectivity index (χ0v) is 15.5. The lowest BCUT2D eigenvalue weighted by Gasteiger charge is -2.03.